The number of hydrogen-bond acceptors (Lipinski definition) is 4. The molecule has 19 heavy (non-hydrogen) atoms. The highest BCUT2D eigenvalue weighted by Crippen LogP contribution is 2.18. The molecule has 1 aromatic heterocycles. The van der Waals surface area contributed by atoms with Gasteiger partial charge in [-0.15, -0.1) is 0 Å². The molecule has 0 aliphatic carbocycles. The van der Waals surface area contributed by atoms with Gasteiger partial charge in [-0.05, 0) is 37.1 Å². The van der Waals surface area contributed by atoms with E-state index < -0.39 is 0 Å². The van der Waals surface area contributed by atoms with Crippen molar-refractivity contribution in [2.24, 2.45) is 0 Å². The highest BCUT2D eigenvalue weighted by atomic mass is 15.1. The van der Waals surface area contributed by atoms with Crippen LogP contribution in [0.1, 0.15) is 16.8 Å². The van der Waals surface area contributed by atoms with E-state index in [0.29, 0.717) is 0 Å². The van der Waals surface area contributed by atoms with E-state index >= 15 is 0 Å². The summed E-state index contributed by atoms with van der Waals surface area (Å²) in [6.07, 6.45) is 1.58. The molecule has 0 saturated heterocycles. The zero-order chi connectivity index (χ0) is 13.8. The Morgan fingerprint density at radius 1 is 1.11 bits per heavy atom. The lowest BCUT2D eigenvalue weighted by Gasteiger charge is -2.15. The molecule has 1 N–H and O–H groups in total. The highest BCUT2D eigenvalue weighted by Gasteiger charge is 2.02. The van der Waals surface area contributed by atoms with Gasteiger partial charge in [-0.1, -0.05) is 6.07 Å². The molecule has 0 atom stereocenters. The molecule has 0 spiro atoms. The summed E-state index contributed by atoms with van der Waals surface area (Å²) in [5.74, 6) is 0.864. The molecule has 1 aromatic carbocycles. The SMILES string of the molecule is Cc1cc(NCc2ccc(N(C)C)cc2C)ncn1. The molecule has 0 unspecified atom stereocenters. The summed E-state index contributed by atoms with van der Waals surface area (Å²) in [6.45, 7) is 4.87. The first kappa shape index (κ1) is 13.3. The van der Waals surface area contributed by atoms with Gasteiger partial charge in [0.2, 0.25) is 0 Å². The smallest absolute Gasteiger partial charge is 0.129 e. The maximum absolute atomic E-state index is 4.20. The zero-order valence-corrected chi connectivity index (χ0v) is 11.9. The molecule has 1 heterocycles. The fraction of sp³-hybridized carbons (Fsp3) is 0.333. The van der Waals surface area contributed by atoms with Gasteiger partial charge in [0.05, 0.1) is 0 Å². The van der Waals surface area contributed by atoms with Crippen molar-refractivity contribution in [2.45, 2.75) is 20.4 Å². The maximum Gasteiger partial charge on any atom is 0.129 e. The second-order valence-corrected chi connectivity index (χ2v) is 4.90. The number of nitrogens with one attached hydrogen (secondary N) is 1. The van der Waals surface area contributed by atoms with Gasteiger partial charge >= 0.3 is 0 Å². The Morgan fingerprint density at radius 3 is 2.53 bits per heavy atom. The van der Waals surface area contributed by atoms with E-state index in [0.717, 1.165) is 18.1 Å². The maximum atomic E-state index is 4.20. The van der Waals surface area contributed by atoms with Crippen LogP contribution in [0.15, 0.2) is 30.6 Å². The summed E-state index contributed by atoms with van der Waals surface area (Å²) in [5.41, 5.74) is 4.75. The Bertz CT molecular complexity index is 564. The molecule has 0 aliphatic heterocycles. The fourth-order valence-corrected chi connectivity index (χ4v) is 1.89. The first-order valence-electron chi connectivity index (χ1n) is 6.35. The average Bonchev–Trinajstić information content (AvgIpc) is 2.37. The summed E-state index contributed by atoms with van der Waals surface area (Å²) >= 11 is 0. The van der Waals surface area contributed by atoms with Gasteiger partial charge in [0.15, 0.2) is 0 Å². The van der Waals surface area contributed by atoms with E-state index in [1.165, 1.54) is 16.8 Å². The second kappa shape index (κ2) is 5.69. The molecular weight excluding hydrogens is 236 g/mol. The van der Waals surface area contributed by atoms with Crippen LogP contribution < -0.4 is 10.2 Å². The molecule has 0 aliphatic rings. The van der Waals surface area contributed by atoms with Crippen molar-refractivity contribution >= 4 is 11.5 Å². The van der Waals surface area contributed by atoms with Crippen LogP contribution >= 0.6 is 0 Å². The number of benzene rings is 1. The first-order valence-corrected chi connectivity index (χ1v) is 6.35. The Hall–Kier alpha value is -2.10. The van der Waals surface area contributed by atoms with E-state index in [2.05, 4.69) is 59.4 Å². The van der Waals surface area contributed by atoms with Crippen molar-refractivity contribution in [3.8, 4) is 0 Å². The predicted octanol–water partition coefficient (Wildman–Crippen LogP) is 2.77. The number of rotatable bonds is 4. The lowest BCUT2D eigenvalue weighted by Crippen LogP contribution is -2.10. The summed E-state index contributed by atoms with van der Waals surface area (Å²) in [4.78, 5) is 10.4. The van der Waals surface area contributed by atoms with E-state index in [1.54, 1.807) is 6.33 Å². The minimum Gasteiger partial charge on any atom is -0.378 e. The molecule has 0 saturated carbocycles. The van der Waals surface area contributed by atoms with Crippen LogP contribution in [0.25, 0.3) is 0 Å². The number of aromatic nitrogens is 2. The topological polar surface area (TPSA) is 41.0 Å². The van der Waals surface area contributed by atoms with Crippen molar-refractivity contribution in [3.05, 3.63) is 47.4 Å². The normalized spacial score (nSPS) is 10.3. The van der Waals surface area contributed by atoms with Gasteiger partial charge in [0, 0.05) is 38.1 Å². The van der Waals surface area contributed by atoms with Crippen molar-refractivity contribution in [1.29, 1.82) is 0 Å². The summed E-state index contributed by atoms with van der Waals surface area (Å²) < 4.78 is 0. The quantitative estimate of drug-likeness (QED) is 0.913. The van der Waals surface area contributed by atoms with Crippen LogP contribution in [-0.2, 0) is 6.54 Å². The molecule has 4 nitrogen and oxygen atoms in total. The second-order valence-electron chi connectivity index (χ2n) is 4.90. The third-order valence-corrected chi connectivity index (χ3v) is 3.11. The number of nitrogens with zero attached hydrogens (tertiary/aromatic N) is 3. The molecule has 2 rings (SSSR count). The number of hydrogen-bond donors (Lipinski definition) is 1. The van der Waals surface area contributed by atoms with Gasteiger partial charge < -0.3 is 10.2 Å². The van der Waals surface area contributed by atoms with Crippen molar-refractivity contribution in [3.63, 3.8) is 0 Å². The monoisotopic (exact) mass is 256 g/mol. The van der Waals surface area contributed by atoms with Crippen LogP contribution in [0, 0.1) is 13.8 Å². The minimum absolute atomic E-state index is 0.774. The molecule has 100 valence electrons. The molecule has 2 aromatic rings. The van der Waals surface area contributed by atoms with Gasteiger partial charge in [0.25, 0.3) is 0 Å². The molecular formula is C15H20N4. The first-order chi connectivity index (χ1) is 9.06. The van der Waals surface area contributed by atoms with Crippen molar-refractivity contribution < 1.29 is 0 Å². The Kier molecular flexibility index (Phi) is 4.00. The Balaban J connectivity index is 2.07. The largest absolute Gasteiger partial charge is 0.378 e. The third kappa shape index (κ3) is 3.44. The van der Waals surface area contributed by atoms with E-state index in [-0.39, 0.29) is 0 Å². The number of anilines is 2. The van der Waals surface area contributed by atoms with Crippen LogP contribution in [0.2, 0.25) is 0 Å². The predicted molar refractivity (Wildman–Crippen MR) is 79.6 cm³/mol. The lowest BCUT2D eigenvalue weighted by molar-refractivity contribution is 1.04. The van der Waals surface area contributed by atoms with Gasteiger partial charge in [-0.2, -0.15) is 0 Å². The standard InChI is InChI=1S/C15H20N4/c1-11-7-14(19(3)4)6-5-13(11)9-16-15-8-12(2)17-10-18-15/h5-8,10H,9H2,1-4H3,(H,16,17,18). The Morgan fingerprint density at radius 2 is 1.89 bits per heavy atom. The average molecular weight is 256 g/mol. The third-order valence-electron chi connectivity index (χ3n) is 3.11. The summed E-state index contributed by atoms with van der Waals surface area (Å²) in [5, 5.41) is 3.33. The molecule has 0 amide bonds. The van der Waals surface area contributed by atoms with Gasteiger partial charge in [-0.25, -0.2) is 9.97 Å². The molecule has 0 radical (unpaired) electrons. The van der Waals surface area contributed by atoms with E-state index in [9.17, 15) is 0 Å². The van der Waals surface area contributed by atoms with Crippen LogP contribution in [0.5, 0.6) is 0 Å². The fourth-order valence-electron chi connectivity index (χ4n) is 1.89. The van der Waals surface area contributed by atoms with Crippen molar-refractivity contribution in [1.82, 2.24) is 9.97 Å². The van der Waals surface area contributed by atoms with Crippen LogP contribution in [0.4, 0.5) is 11.5 Å². The molecule has 4 heteroatoms. The van der Waals surface area contributed by atoms with Gasteiger partial charge in [-0.3, -0.25) is 0 Å². The summed E-state index contributed by atoms with van der Waals surface area (Å²) in [7, 11) is 4.10. The highest BCUT2D eigenvalue weighted by molar-refractivity contribution is 5.50. The minimum atomic E-state index is 0.774. The van der Waals surface area contributed by atoms with E-state index in [1.807, 2.05) is 13.0 Å². The van der Waals surface area contributed by atoms with Gasteiger partial charge in [0.1, 0.15) is 12.1 Å². The molecule has 0 bridgehead atoms. The number of aryl methyl sites for hydroxylation is 2. The lowest BCUT2D eigenvalue weighted by atomic mass is 10.1. The Labute approximate surface area is 114 Å². The van der Waals surface area contributed by atoms with E-state index in [4.69, 9.17) is 0 Å². The molecule has 0 fully saturated rings. The summed E-state index contributed by atoms with van der Waals surface area (Å²) in [6, 6.07) is 8.44. The van der Waals surface area contributed by atoms with Crippen molar-refractivity contribution in [2.75, 3.05) is 24.3 Å². The zero-order valence-electron chi connectivity index (χ0n) is 11.9. The van der Waals surface area contributed by atoms with Crippen LogP contribution in [-0.4, -0.2) is 24.1 Å². The van der Waals surface area contributed by atoms with Crippen LogP contribution in [0.3, 0.4) is 0 Å².